The van der Waals surface area contributed by atoms with Gasteiger partial charge in [0, 0.05) is 38.2 Å². The number of rotatable bonds is 9. The van der Waals surface area contributed by atoms with E-state index in [1.54, 1.807) is 7.11 Å². The van der Waals surface area contributed by atoms with E-state index >= 15 is 0 Å². The summed E-state index contributed by atoms with van der Waals surface area (Å²) in [7, 11) is 6.17. The summed E-state index contributed by atoms with van der Waals surface area (Å²) in [4.78, 5) is 9.96. The van der Waals surface area contributed by atoms with Gasteiger partial charge in [0.25, 0.3) is 0 Å². The summed E-state index contributed by atoms with van der Waals surface area (Å²) in [6, 6.07) is 0. The van der Waals surface area contributed by atoms with E-state index in [2.05, 4.69) is 43.1 Å². The van der Waals surface area contributed by atoms with Crippen molar-refractivity contribution in [1.82, 2.24) is 15.1 Å². The number of likely N-dealkylation sites (N-methyl/N-ethyl adjacent to an activating group) is 1. The van der Waals surface area contributed by atoms with E-state index in [0.717, 1.165) is 44.7 Å². The van der Waals surface area contributed by atoms with E-state index in [9.17, 15) is 0 Å². The van der Waals surface area contributed by atoms with E-state index < -0.39 is 0 Å². The van der Waals surface area contributed by atoms with Crippen molar-refractivity contribution in [3.63, 3.8) is 0 Å². The second-order valence-electron chi connectivity index (χ2n) is 8.66. The number of aliphatic imine (C=N–C) groups is 1. The molecule has 0 radical (unpaired) electrons. The molecule has 0 bridgehead atoms. The standard InChI is InChI=1S/C21H42N4O2/c1-6-22-20(25-11-9-19(15-25)16-27-13-12-26-5)23-17-21(24(3)4)10-7-8-18(2)14-21/h18-19H,6-17H2,1-5H3,(H,22,23). The molecule has 158 valence electrons. The van der Waals surface area contributed by atoms with Crippen molar-refractivity contribution >= 4 is 5.96 Å². The van der Waals surface area contributed by atoms with Crippen molar-refractivity contribution < 1.29 is 9.47 Å². The predicted octanol–water partition coefficient (Wildman–Crippen LogP) is 2.45. The lowest BCUT2D eigenvalue weighted by Crippen LogP contribution is -2.51. The Morgan fingerprint density at radius 3 is 2.78 bits per heavy atom. The predicted molar refractivity (Wildman–Crippen MR) is 112 cm³/mol. The monoisotopic (exact) mass is 382 g/mol. The molecule has 0 aromatic carbocycles. The first-order valence-corrected chi connectivity index (χ1v) is 10.8. The largest absolute Gasteiger partial charge is 0.382 e. The molecule has 0 spiro atoms. The Bertz CT molecular complexity index is 457. The molecule has 0 aromatic heterocycles. The van der Waals surface area contributed by atoms with Crippen LogP contribution < -0.4 is 5.32 Å². The van der Waals surface area contributed by atoms with Crippen LogP contribution in [0.25, 0.3) is 0 Å². The van der Waals surface area contributed by atoms with Crippen molar-refractivity contribution in [2.75, 3.05) is 67.2 Å². The number of likely N-dealkylation sites (tertiary alicyclic amines) is 1. The van der Waals surface area contributed by atoms with Gasteiger partial charge in [-0.2, -0.15) is 0 Å². The zero-order chi connectivity index (χ0) is 19.7. The van der Waals surface area contributed by atoms with Gasteiger partial charge in [0.15, 0.2) is 5.96 Å². The first kappa shape index (κ1) is 22.4. The molecule has 6 heteroatoms. The second kappa shape index (κ2) is 11.2. The molecular weight excluding hydrogens is 340 g/mol. The van der Waals surface area contributed by atoms with Crippen LogP contribution in [0.15, 0.2) is 4.99 Å². The van der Waals surface area contributed by atoms with E-state index in [1.165, 1.54) is 32.1 Å². The van der Waals surface area contributed by atoms with Gasteiger partial charge >= 0.3 is 0 Å². The Hall–Kier alpha value is -0.850. The first-order chi connectivity index (χ1) is 13.0. The average molecular weight is 383 g/mol. The lowest BCUT2D eigenvalue weighted by molar-refractivity contribution is 0.0536. The summed E-state index contributed by atoms with van der Waals surface area (Å²) in [5, 5.41) is 3.53. The molecule has 3 unspecified atom stereocenters. The minimum Gasteiger partial charge on any atom is -0.382 e. The number of guanidine groups is 1. The van der Waals surface area contributed by atoms with E-state index in [4.69, 9.17) is 14.5 Å². The average Bonchev–Trinajstić information content (AvgIpc) is 3.11. The summed E-state index contributed by atoms with van der Waals surface area (Å²) < 4.78 is 10.8. The highest BCUT2D eigenvalue weighted by molar-refractivity contribution is 5.80. The molecule has 2 rings (SSSR count). The molecule has 1 aliphatic heterocycles. The fourth-order valence-electron chi connectivity index (χ4n) is 4.52. The topological polar surface area (TPSA) is 49.3 Å². The molecule has 1 saturated carbocycles. The van der Waals surface area contributed by atoms with Crippen molar-refractivity contribution in [3.8, 4) is 0 Å². The van der Waals surface area contributed by atoms with Gasteiger partial charge in [0.05, 0.1) is 26.4 Å². The Balaban J connectivity index is 1.95. The molecule has 2 fully saturated rings. The Labute approximate surface area is 166 Å². The summed E-state index contributed by atoms with van der Waals surface area (Å²) >= 11 is 0. The van der Waals surface area contributed by atoms with E-state index in [-0.39, 0.29) is 5.54 Å². The molecule has 1 saturated heterocycles. The van der Waals surface area contributed by atoms with Crippen molar-refractivity contribution in [3.05, 3.63) is 0 Å². The van der Waals surface area contributed by atoms with Gasteiger partial charge in [-0.1, -0.05) is 19.8 Å². The molecule has 0 amide bonds. The molecule has 1 heterocycles. The fourth-order valence-corrected chi connectivity index (χ4v) is 4.52. The highest BCUT2D eigenvalue weighted by Crippen LogP contribution is 2.36. The van der Waals surface area contributed by atoms with Crippen LogP contribution in [0.1, 0.15) is 46.0 Å². The van der Waals surface area contributed by atoms with E-state index in [1.807, 2.05) is 0 Å². The van der Waals surface area contributed by atoms with E-state index in [0.29, 0.717) is 19.1 Å². The van der Waals surface area contributed by atoms with Gasteiger partial charge < -0.3 is 24.6 Å². The maximum atomic E-state index is 5.74. The van der Waals surface area contributed by atoms with Gasteiger partial charge in [-0.3, -0.25) is 4.99 Å². The summed E-state index contributed by atoms with van der Waals surface area (Å²) in [5.41, 5.74) is 0.209. The molecule has 6 nitrogen and oxygen atoms in total. The number of methoxy groups -OCH3 is 1. The third-order valence-corrected chi connectivity index (χ3v) is 6.24. The van der Waals surface area contributed by atoms with Crippen LogP contribution >= 0.6 is 0 Å². The maximum absolute atomic E-state index is 5.74. The zero-order valence-electron chi connectivity index (χ0n) is 18.3. The lowest BCUT2D eigenvalue weighted by atomic mass is 9.75. The molecule has 1 N–H and O–H groups in total. The lowest BCUT2D eigenvalue weighted by Gasteiger charge is -2.44. The fraction of sp³-hybridized carbons (Fsp3) is 0.952. The quantitative estimate of drug-likeness (QED) is 0.377. The van der Waals surface area contributed by atoms with Gasteiger partial charge in [-0.25, -0.2) is 0 Å². The second-order valence-corrected chi connectivity index (χ2v) is 8.66. The minimum atomic E-state index is 0.209. The maximum Gasteiger partial charge on any atom is 0.193 e. The van der Waals surface area contributed by atoms with Crippen molar-refractivity contribution in [2.45, 2.75) is 51.5 Å². The van der Waals surface area contributed by atoms with Gasteiger partial charge in [-0.15, -0.1) is 0 Å². The smallest absolute Gasteiger partial charge is 0.193 e. The van der Waals surface area contributed by atoms with Crippen molar-refractivity contribution in [1.29, 1.82) is 0 Å². The summed E-state index contributed by atoms with van der Waals surface area (Å²) in [6.07, 6.45) is 6.35. The third-order valence-electron chi connectivity index (χ3n) is 6.24. The summed E-state index contributed by atoms with van der Waals surface area (Å²) in [5.74, 6) is 2.46. The third kappa shape index (κ3) is 6.61. The van der Waals surface area contributed by atoms with Crippen LogP contribution in [-0.4, -0.2) is 88.5 Å². The molecule has 3 atom stereocenters. The zero-order valence-corrected chi connectivity index (χ0v) is 18.3. The van der Waals surface area contributed by atoms with Gasteiger partial charge in [0.1, 0.15) is 0 Å². The van der Waals surface area contributed by atoms with Gasteiger partial charge in [0.2, 0.25) is 0 Å². The summed E-state index contributed by atoms with van der Waals surface area (Å²) in [6.45, 7) is 10.6. The van der Waals surface area contributed by atoms with Gasteiger partial charge in [-0.05, 0) is 46.2 Å². The number of hydrogen-bond donors (Lipinski definition) is 1. The molecule has 27 heavy (non-hydrogen) atoms. The van der Waals surface area contributed by atoms with Crippen LogP contribution in [0.5, 0.6) is 0 Å². The highest BCUT2D eigenvalue weighted by atomic mass is 16.5. The Morgan fingerprint density at radius 2 is 2.11 bits per heavy atom. The van der Waals surface area contributed by atoms with Crippen LogP contribution in [0.4, 0.5) is 0 Å². The normalized spacial score (nSPS) is 29.6. The first-order valence-electron chi connectivity index (χ1n) is 10.8. The van der Waals surface area contributed by atoms with Crippen LogP contribution in [0, 0.1) is 11.8 Å². The minimum absolute atomic E-state index is 0.209. The molecule has 0 aromatic rings. The number of hydrogen-bond acceptors (Lipinski definition) is 4. The number of nitrogens with one attached hydrogen (secondary N) is 1. The molecular formula is C21H42N4O2. The van der Waals surface area contributed by atoms with Crippen LogP contribution in [0.2, 0.25) is 0 Å². The highest BCUT2D eigenvalue weighted by Gasteiger charge is 2.37. The Morgan fingerprint density at radius 1 is 1.30 bits per heavy atom. The van der Waals surface area contributed by atoms with Crippen LogP contribution in [0.3, 0.4) is 0 Å². The number of nitrogens with zero attached hydrogens (tertiary/aromatic N) is 3. The van der Waals surface area contributed by atoms with Crippen molar-refractivity contribution in [2.24, 2.45) is 16.8 Å². The Kier molecular flexibility index (Phi) is 9.33. The van der Waals surface area contributed by atoms with Crippen LogP contribution in [-0.2, 0) is 9.47 Å². The SMILES string of the molecule is CCNC(=NCC1(N(C)C)CCCC(C)C1)N1CCC(COCCOC)C1. The molecule has 1 aliphatic carbocycles. The number of ether oxygens (including phenoxy) is 2. The molecule has 2 aliphatic rings.